The Morgan fingerprint density at radius 1 is 1.07 bits per heavy atom. The molecular weight excluding hydrogens is 344 g/mol. The van der Waals surface area contributed by atoms with Crippen LogP contribution in [-0.4, -0.2) is 26.7 Å². The predicted molar refractivity (Wildman–Crippen MR) is 102 cm³/mol. The van der Waals surface area contributed by atoms with Crippen LogP contribution < -0.4 is 16.2 Å². The number of hydrogen-bond donors (Lipinski definition) is 3. The van der Waals surface area contributed by atoms with E-state index in [4.69, 9.17) is 0 Å². The van der Waals surface area contributed by atoms with Gasteiger partial charge in [-0.2, -0.15) is 5.10 Å². The van der Waals surface area contributed by atoms with E-state index in [1.807, 2.05) is 12.1 Å². The summed E-state index contributed by atoms with van der Waals surface area (Å²) >= 11 is 0. The van der Waals surface area contributed by atoms with Crippen molar-refractivity contribution in [2.75, 3.05) is 5.32 Å². The minimum Gasteiger partial charge on any atom is -0.289 e. The first-order chi connectivity index (χ1) is 13.2. The Kier molecular flexibility index (Phi) is 6.78. The topological polar surface area (TPSA) is 101 Å². The minimum atomic E-state index is -0.508. The largest absolute Gasteiger partial charge is 0.339 e. The van der Waals surface area contributed by atoms with E-state index in [9.17, 15) is 9.59 Å². The van der Waals surface area contributed by atoms with E-state index in [0.717, 1.165) is 19.3 Å². The third-order valence-electron chi connectivity index (χ3n) is 4.78. The van der Waals surface area contributed by atoms with Crippen molar-refractivity contribution in [3.63, 3.8) is 0 Å². The fourth-order valence-electron chi connectivity index (χ4n) is 3.32. The molecule has 3 rings (SSSR count). The summed E-state index contributed by atoms with van der Waals surface area (Å²) < 4.78 is 1.76. The maximum Gasteiger partial charge on any atom is 0.339 e. The van der Waals surface area contributed by atoms with Crippen molar-refractivity contribution in [2.45, 2.75) is 51.5 Å². The van der Waals surface area contributed by atoms with E-state index in [1.54, 1.807) is 29.3 Å². The molecule has 3 N–H and O–H groups in total. The molecule has 1 aliphatic rings. The number of aromatic nitrogens is 3. The lowest BCUT2D eigenvalue weighted by molar-refractivity contribution is -0.122. The highest BCUT2D eigenvalue weighted by molar-refractivity contribution is 5.90. The summed E-state index contributed by atoms with van der Waals surface area (Å²) in [6, 6.07) is 5.14. The van der Waals surface area contributed by atoms with Gasteiger partial charge in [0.25, 0.3) is 0 Å². The van der Waals surface area contributed by atoms with Gasteiger partial charge in [0.2, 0.25) is 5.91 Å². The molecule has 2 aromatic rings. The van der Waals surface area contributed by atoms with Crippen LogP contribution in [-0.2, 0) is 17.8 Å². The molecule has 2 aromatic heterocycles. The van der Waals surface area contributed by atoms with E-state index >= 15 is 0 Å². The SMILES string of the molecule is O=C(CC1CCCCC1)NNC(=O)Nc1ccn(CCc2ccncc2)n1. The summed E-state index contributed by atoms with van der Waals surface area (Å²) in [6.45, 7) is 0.700. The summed E-state index contributed by atoms with van der Waals surface area (Å²) in [6.07, 6.45) is 12.4. The third kappa shape index (κ3) is 6.40. The Bertz CT molecular complexity index is 740. The van der Waals surface area contributed by atoms with Gasteiger partial charge in [-0.25, -0.2) is 10.2 Å². The molecule has 3 amide bonds. The minimum absolute atomic E-state index is 0.153. The Hall–Kier alpha value is -2.90. The molecule has 0 unspecified atom stereocenters. The first-order valence-corrected chi connectivity index (χ1v) is 9.47. The molecule has 0 aromatic carbocycles. The van der Waals surface area contributed by atoms with Gasteiger partial charge in [0.1, 0.15) is 0 Å². The molecule has 27 heavy (non-hydrogen) atoms. The molecule has 144 valence electrons. The summed E-state index contributed by atoms with van der Waals surface area (Å²) in [4.78, 5) is 27.8. The standard InChI is InChI=1S/C19H26N6O2/c26-18(14-16-4-2-1-3-5-16)22-23-19(27)21-17-9-13-25(24-17)12-8-15-6-10-20-11-7-15/h6-7,9-11,13,16H,1-5,8,12,14H2,(H,22,26)(H2,21,23,24,27). The van der Waals surface area contributed by atoms with Crippen LogP contribution in [0, 0.1) is 5.92 Å². The van der Waals surface area contributed by atoms with Crippen molar-refractivity contribution in [1.82, 2.24) is 25.6 Å². The first-order valence-electron chi connectivity index (χ1n) is 9.47. The van der Waals surface area contributed by atoms with E-state index < -0.39 is 6.03 Å². The lowest BCUT2D eigenvalue weighted by Gasteiger charge is -2.20. The number of rotatable bonds is 6. The van der Waals surface area contributed by atoms with Gasteiger partial charge in [-0.3, -0.25) is 25.2 Å². The van der Waals surface area contributed by atoms with Gasteiger partial charge in [-0.05, 0) is 42.9 Å². The second-order valence-corrected chi connectivity index (χ2v) is 6.90. The van der Waals surface area contributed by atoms with Gasteiger partial charge in [0.15, 0.2) is 5.82 Å². The highest BCUT2D eigenvalue weighted by atomic mass is 16.2. The number of pyridine rings is 1. The van der Waals surface area contributed by atoms with E-state index in [1.165, 1.54) is 24.8 Å². The number of carbonyl (C=O) groups is 2. The number of hydrazine groups is 1. The molecule has 0 saturated heterocycles. The molecule has 0 spiro atoms. The smallest absolute Gasteiger partial charge is 0.289 e. The Balaban J connectivity index is 1.36. The number of anilines is 1. The third-order valence-corrected chi connectivity index (χ3v) is 4.78. The number of urea groups is 1. The van der Waals surface area contributed by atoms with Crippen LogP contribution in [0.5, 0.6) is 0 Å². The zero-order valence-corrected chi connectivity index (χ0v) is 15.4. The number of nitrogens with one attached hydrogen (secondary N) is 3. The van der Waals surface area contributed by atoms with Crippen LogP contribution in [0.15, 0.2) is 36.8 Å². The molecule has 1 fully saturated rings. The predicted octanol–water partition coefficient (Wildman–Crippen LogP) is 2.64. The molecule has 2 heterocycles. The van der Waals surface area contributed by atoms with Gasteiger partial charge in [-0.1, -0.05) is 19.3 Å². The van der Waals surface area contributed by atoms with Gasteiger partial charge in [-0.15, -0.1) is 0 Å². The summed E-state index contributed by atoms with van der Waals surface area (Å²) in [5, 5.41) is 6.92. The van der Waals surface area contributed by atoms with Crippen LogP contribution >= 0.6 is 0 Å². The van der Waals surface area contributed by atoms with Gasteiger partial charge in [0, 0.05) is 37.6 Å². The summed E-state index contributed by atoms with van der Waals surface area (Å²) in [7, 11) is 0. The van der Waals surface area contributed by atoms with Crippen molar-refractivity contribution in [2.24, 2.45) is 5.92 Å². The van der Waals surface area contributed by atoms with Crippen LogP contribution in [0.2, 0.25) is 0 Å². The number of hydrogen-bond acceptors (Lipinski definition) is 4. The monoisotopic (exact) mass is 370 g/mol. The van der Waals surface area contributed by atoms with Crippen molar-refractivity contribution < 1.29 is 9.59 Å². The number of aryl methyl sites for hydroxylation is 2. The van der Waals surface area contributed by atoms with E-state index in [0.29, 0.717) is 24.7 Å². The normalized spacial score (nSPS) is 14.5. The second kappa shape index (κ2) is 9.70. The van der Waals surface area contributed by atoms with Crippen molar-refractivity contribution in [3.8, 4) is 0 Å². The molecule has 1 aliphatic carbocycles. The highest BCUT2D eigenvalue weighted by Gasteiger charge is 2.17. The Labute approximate surface area is 158 Å². The van der Waals surface area contributed by atoms with Crippen molar-refractivity contribution in [3.05, 3.63) is 42.4 Å². The average Bonchev–Trinajstić information content (AvgIpc) is 3.14. The lowest BCUT2D eigenvalue weighted by atomic mass is 9.87. The maximum absolute atomic E-state index is 11.9. The van der Waals surface area contributed by atoms with E-state index in [-0.39, 0.29) is 5.91 Å². The zero-order chi connectivity index (χ0) is 18.9. The molecule has 0 radical (unpaired) electrons. The van der Waals surface area contributed by atoms with Crippen molar-refractivity contribution in [1.29, 1.82) is 0 Å². The molecule has 1 saturated carbocycles. The highest BCUT2D eigenvalue weighted by Crippen LogP contribution is 2.25. The average molecular weight is 370 g/mol. The quantitative estimate of drug-likeness (QED) is 0.681. The summed E-state index contributed by atoms with van der Waals surface area (Å²) in [5.74, 6) is 0.711. The molecule has 0 atom stereocenters. The fraction of sp³-hybridized carbons (Fsp3) is 0.474. The van der Waals surface area contributed by atoms with Crippen LogP contribution in [0.25, 0.3) is 0 Å². The van der Waals surface area contributed by atoms with E-state index in [2.05, 4.69) is 26.3 Å². The van der Waals surface area contributed by atoms with Gasteiger partial charge < -0.3 is 0 Å². The maximum atomic E-state index is 11.9. The fourth-order valence-corrected chi connectivity index (χ4v) is 3.32. The second-order valence-electron chi connectivity index (χ2n) is 6.90. The molecule has 0 bridgehead atoms. The zero-order valence-electron chi connectivity index (χ0n) is 15.4. The molecule has 0 aliphatic heterocycles. The summed E-state index contributed by atoms with van der Waals surface area (Å²) in [5.41, 5.74) is 6.02. The number of carbonyl (C=O) groups excluding carboxylic acids is 2. The number of nitrogens with zero attached hydrogens (tertiary/aromatic N) is 3. The van der Waals surface area contributed by atoms with Crippen molar-refractivity contribution >= 4 is 17.8 Å². The van der Waals surface area contributed by atoms with Crippen LogP contribution in [0.3, 0.4) is 0 Å². The number of amides is 3. The molecule has 8 heteroatoms. The molecule has 8 nitrogen and oxygen atoms in total. The Morgan fingerprint density at radius 3 is 2.63 bits per heavy atom. The molecular formula is C19H26N6O2. The van der Waals surface area contributed by atoms with Gasteiger partial charge in [0.05, 0.1) is 0 Å². The van der Waals surface area contributed by atoms with Gasteiger partial charge >= 0.3 is 6.03 Å². The lowest BCUT2D eigenvalue weighted by Crippen LogP contribution is -2.44. The Morgan fingerprint density at radius 2 is 1.85 bits per heavy atom. The first kappa shape index (κ1) is 18.9. The van der Waals surface area contributed by atoms with Crippen LogP contribution in [0.4, 0.5) is 10.6 Å². The van der Waals surface area contributed by atoms with Crippen LogP contribution in [0.1, 0.15) is 44.1 Å².